The van der Waals surface area contributed by atoms with Crippen molar-refractivity contribution in [3.63, 3.8) is 0 Å². The molecule has 29 heavy (non-hydrogen) atoms. The van der Waals surface area contributed by atoms with Crippen LogP contribution in [-0.2, 0) is 11.3 Å². The van der Waals surface area contributed by atoms with E-state index < -0.39 is 0 Å². The maximum Gasteiger partial charge on any atom is 0.289 e. The molecule has 0 radical (unpaired) electrons. The third kappa shape index (κ3) is 4.03. The first-order valence-electron chi connectivity index (χ1n) is 9.37. The first-order valence-corrected chi connectivity index (χ1v) is 10.4. The molecule has 0 bridgehead atoms. The third-order valence-electron chi connectivity index (χ3n) is 5.01. The summed E-state index contributed by atoms with van der Waals surface area (Å²) < 4.78 is 0. The summed E-state index contributed by atoms with van der Waals surface area (Å²) in [4.78, 5) is 37.7. The van der Waals surface area contributed by atoms with Crippen molar-refractivity contribution in [1.29, 1.82) is 0 Å². The van der Waals surface area contributed by atoms with E-state index in [4.69, 9.17) is 0 Å². The van der Waals surface area contributed by atoms with E-state index in [9.17, 15) is 14.4 Å². The fraction of sp³-hybridized carbons (Fsp3) is 0.174. The fourth-order valence-corrected chi connectivity index (χ4v) is 4.24. The van der Waals surface area contributed by atoms with Gasteiger partial charge in [0.2, 0.25) is 5.91 Å². The smallest absolute Gasteiger partial charge is 0.289 e. The van der Waals surface area contributed by atoms with E-state index in [1.165, 1.54) is 4.90 Å². The predicted molar refractivity (Wildman–Crippen MR) is 115 cm³/mol. The third-order valence-corrected chi connectivity index (χ3v) is 5.87. The Morgan fingerprint density at radius 3 is 2.62 bits per heavy atom. The van der Waals surface area contributed by atoms with Crippen molar-refractivity contribution in [2.75, 3.05) is 5.75 Å². The molecule has 6 heteroatoms. The summed E-state index contributed by atoms with van der Waals surface area (Å²) >= 11 is 1.01. The minimum Gasteiger partial charge on any atom is -0.345 e. The number of carbonyl (C=O) groups excluding carboxylic acids is 3. The largest absolute Gasteiger partial charge is 0.345 e. The molecule has 146 valence electrons. The number of thioether (sulfide) groups is 1. The number of nitrogens with one attached hydrogen (secondary N) is 1. The molecule has 0 aromatic heterocycles. The van der Waals surface area contributed by atoms with Crippen molar-refractivity contribution >= 4 is 39.6 Å². The number of nitrogens with zero attached hydrogens (tertiary/aromatic N) is 1. The number of hydrogen-bond acceptors (Lipinski definition) is 4. The minimum atomic E-state index is -0.241. The second-order valence-corrected chi connectivity index (χ2v) is 7.92. The monoisotopic (exact) mass is 404 g/mol. The Hall–Kier alpha value is -3.12. The Balaban J connectivity index is 1.51. The van der Waals surface area contributed by atoms with Crippen LogP contribution in [0.1, 0.15) is 34.5 Å². The van der Waals surface area contributed by atoms with Gasteiger partial charge in [-0.3, -0.25) is 19.3 Å². The van der Waals surface area contributed by atoms with E-state index in [-0.39, 0.29) is 35.4 Å². The van der Waals surface area contributed by atoms with Gasteiger partial charge in [-0.05, 0) is 41.0 Å². The maximum absolute atomic E-state index is 12.8. The molecule has 0 spiro atoms. The molecule has 1 N–H and O–H groups in total. The van der Waals surface area contributed by atoms with E-state index in [1.54, 1.807) is 18.2 Å². The quantitative estimate of drug-likeness (QED) is 0.679. The number of amides is 3. The van der Waals surface area contributed by atoms with Crippen LogP contribution in [0.3, 0.4) is 0 Å². The molecule has 1 fully saturated rings. The summed E-state index contributed by atoms with van der Waals surface area (Å²) in [5.74, 6) is -0.207. The molecule has 3 aromatic carbocycles. The van der Waals surface area contributed by atoms with Gasteiger partial charge in [-0.2, -0.15) is 0 Å². The van der Waals surface area contributed by atoms with Crippen molar-refractivity contribution in [3.05, 3.63) is 83.4 Å². The molecule has 0 saturated carbocycles. The summed E-state index contributed by atoms with van der Waals surface area (Å²) in [6.07, 6.45) is 0. The fourth-order valence-electron chi connectivity index (χ4n) is 3.51. The van der Waals surface area contributed by atoms with Gasteiger partial charge in [-0.15, -0.1) is 0 Å². The summed E-state index contributed by atoms with van der Waals surface area (Å²) in [5, 5.41) is 5.05. The number of fused-ring (bicyclic) bond motifs is 1. The minimum absolute atomic E-state index is 0.171. The van der Waals surface area contributed by atoms with Crippen molar-refractivity contribution < 1.29 is 14.4 Å². The number of imide groups is 1. The Labute approximate surface area is 173 Å². The number of rotatable bonds is 5. The van der Waals surface area contributed by atoms with E-state index in [2.05, 4.69) is 23.5 Å². The zero-order valence-electron chi connectivity index (χ0n) is 15.9. The van der Waals surface area contributed by atoms with Gasteiger partial charge < -0.3 is 5.32 Å². The predicted octanol–water partition coefficient (Wildman–Crippen LogP) is 4.53. The average Bonchev–Trinajstić information content (AvgIpc) is 3.05. The van der Waals surface area contributed by atoms with Crippen LogP contribution >= 0.6 is 11.8 Å². The van der Waals surface area contributed by atoms with Crippen LogP contribution in [-0.4, -0.2) is 27.7 Å². The second kappa shape index (κ2) is 8.09. The van der Waals surface area contributed by atoms with Crippen molar-refractivity contribution in [2.24, 2.45) is 0 Å². The van der Waals surface area contributed by atoms with Crippen molar-refractivity contribution in [1.82, 2.24) is 10.2 Å². The van der Waals surface area contributed by atoms with Gasteiger partial charge >= 0.3 is 0 Å². The Bertz CT molecular complexity index is 1090. The SMILES string of the molecule is CC(NC(=O)c1cccc(CN2C(=O)CSC2=O)c1)c1cccc2ccccc12. The molecular weight excluding hydrogens is 384 g/mol. The van der Waals surface area contributed by atoms with Crippen LogP contribution in [0.25, 0.3) is 10.8 Å². The second-order valence-electron chi connectivity index (χ2n) is 7.00. The lowest BCUT2D eigenvalue weighted by molar-refractivity contribution is -0.125. The van der Waals surface area contributed by atoms with Crippen LogP contribution < -0.4 is 5.32 Å². The van der Waals surface area contributed by atoms with Crippen molar-refractivity contribution in [2.45, 2.75) is 19.5 Å². The Kier molecular flexibility index (Phi) is 5.36. The molecule has 1 unspecified atom stereocenters. The van der Waals surface area contributed by atoms with Gasteiger partial charge in [0.25, 0.3) is 11.1 Å². The molecule has 1 saturated heterocycles. The first kappa shape index (κ1) is 19.2. The molecule has 3 amide bonds. The van der Waals surface area contributed by atoms with Crippen LogP contribution in [0.2, 0.25) is 0 Å². The molecule has 3 aromatic rings. The van der Waals surface area contributed by atoms with Gasteiger partial charge in [-0.25, -0.2) is 0 Å². The highest BCUT2D eigenvalue weighted by Gasteiger charge is 2.29. The normalized spacial score (nSPS) is 15.0. The zero-order chi connectivity index (χ0) is 20.4. The summed E-state index contributed by atoms with van der Waals surface area (Å²) in [6, 6.07) is 21.0. The van der Waals surface area contributed by atoms with E-state index >= 15 is 0 Å². The van der Waals surface area contributed by atoms with Crippen LogP contribution in [0.4, 0.5) is 4.79 Å². The lowest BCUT2D eigenvalue weighted by atomic mass is 9.99. The maximum atomic E-state index is 12.8. The highest BCUT2D eigenvalue weighted by Crippen LogP contribution is 2.25. The van der Waals surface area contributed by atoms with Gasteiger partial charge in [0, 0.05) is 5.56 Å². The first-order chi connectivity index (χ1) is 14.0. The van der Waals surface area contributed by atoms with E-state index in [0.717, 1.165) is 33.7 Å². The number of hydrogen-bond donors (Lipinski definition) is 1. The average molecular weight is 404 g/mol. The highest BCUT2D eigenvalue weighted by atomic mass is 32.2. The summed E-state index contributed by atoms with van der Waals surface area (Å²) in [6.45, 7) is 2.15. The van der Waals surface area contributed by atoms with Crippen LogP contribution in [0, 0.1) is 0 Å². The molecule has 1 atom stereocenters. The Morgan fingerprint density at radius 1 is 1.07 bits per heavy atom. The van der Waals surface area contributed by atoms with Crippen molar-refractivity contribution in [3.8, 4) is 0 Å². The number of carbonyl (C=O) groups is 3. The van der Waals surface area contributed by atoms with Gasteiger partial charge in [0.15, 0.2) is 0 Å². The lowest BCUT2D eigenvalue weighted by Gasteiger charge is -2.17. The highest BCUT2D eigenvalue weighted by molar-refractivity contribution is 8.14. The molecule has 1 heterocycles. The standard InChI is InChI=1S/C23H20N2O3S/c1-15(19-11-5-8-17-7-2-3-10-20(17)19)24-22(27)18-9-4-6-16(12-18)13-25-21(26)14-29-23(25)28/h2-12,15H,13-14H2,1H3,(H,24,27). The van der Waals surface area contributed by atoms with E-state index in [0.29, 0.717) is 5.56 Å². The van der Waals surface area contributed by atoms with E-state index in [1.807, 2.05) is 37.3 Å². The molecule has 4 rings (SSSR count). The van der Waals surface area contributed by atoms with Gasteiger partial charge in [-0.1, -0.05) is 66.4 Å². The van der Waals surface area contributed by atoms with Crippen LogP contribution in [0.15, 0.2) is 66.7 Å². The zero-order valence-corrected chi connectivity index (χ0v) is 16.7. The Morgan fingerprint density at radius 2 is 1.83 bits per heavy atom. The molecule has 1 aliphatic rings. The molecular formula is C23H20N2O3S. The molecule has 0 aliphatic carbocycles. The van der Waals surface area contributed by atoms with Crippen LogP contribution in [0.5, 0.6) is 0 Å². The summed E-state index contributed by atoms with van der Waals surface area (Å²) in [7, 11) is 0. The lowest BCUT2D eigenvalue weighted by Crippen LogP contribution is -2.29. The van der Waals surface area contributed by atoms with Gasteiger partial charge in [0.05, 0.1) is 18.3 Å². The topological polar surface area (TPSA) is 66.5 Å². The summed E-state index contributed by atoms with van der Waals surface area (Å²) in [5.41, 5.74) is 2.30. The molecule has 1 aliphatic heterocycles. The van der Waals surface area contributed by atoms with Gasteiger partial charge in [0.1, 0.15) is 0 Å². The molecule has 5 nitrogen and oxygen atoms in total. The number of benzene rings is 3.